The van der Waals surface area contributed by atoms with E-state index < -0.39 is 41.9 Å². The summed E-state index contributed by atoms with van der Waals surface area (Å²) >= 11 is 18.7. The van der Waals surface area contributed by atoms with Gasteiger partial charge in [0.25, 0.3) is 17.7 Å². The lowest BCUT2D eigenvalue weighted by atomic mass is 9.86. The van der Waals surface area contributed by atoms with Crippen molar-refractivity contribution in [2.24, 2.45) is 17.8 Å². The highest BCUT2D eigenvalue weighted by molar-refractivity contribution is 6.32. The molecule has 5 aliphatic rings. The summed E-state index contributed by atoms with van der Waals surface area (Å²) in [6.07, 6.45) is 10.8. The Balaban J connectivity index is 0.000000175. The summed E-state index contributed by atoms with van der Waals surface area (Å²) in [5, 5.41) is 23.2. The van der Waals surface area contributed by atoms with E-state index in [1.807, 2.05) is 31.2 Å². The van der Waals surface area contributed by atoms with Crippen LogP contribution in [0.4, 0.5) is 59.5 Å². The van der Waals surface area contributed by atoms with Crippen molar-refractivity contribution in [3.8, 4) is 17.6 Å². The highest BCUT2D eigenvalue weighted by Crippen LogP contribution is 2.34. The summed E-state index contributed by atoms with van der Waals surface area (Å²) in [5.74, 6) is 1.23. The normalized spacial score (nSPS) is 20.8. The fourth-order valence-corrected chi connectivity index (χ4v) is 12.3. The number of ether oxygens (including phenoxy) is 5. The van der Waals surface area contributed by atoms with Gasteiger partial charge >= 0.3 is 5.66 Å². The van der Waals surface area contributed by atoms with Gasteiger partial charge in [-0.1, -0.05) is 40.9 Å². The van der Waals surface area contributed by atoms with E-state index in [4.69, 9.17) is 65.1 Å². The van der Waals surface area contributed by atoms with Crippen LogP contribution in [0.15, 0.2) is 73.3 Å². The number of halogens is 6. The molecule has 3 aliphatic carbocycles. The predicted molar refractivity (Wildman–Crippen MR) is 378 cm³/mol. The first-order valence-corrected chi connectivity index (χ1v) is 35.1. The highest BCUT2D eigenvalue weighted by Gasteiger charge is 2.31. The van der Waals surface area contributed by atoms with Crippen LogP contribution >= 0.6 is 34.8 Å². The third kappa shape index (κ3) is 22.9. The molecule has 0 bridgehead atoms. The van der Waals surface area contributed by atoms with E-state index in [1.54, 1.807) is 24.7 Å². The molecule has 540 valence electrons. The fourth-order valence-electron chi connectivity index (χ4n) is 11.9. The van der Waals surface area contributed by atoms with Crippen molar-refractivity contribution in [3.05, 3.63) is 105 Å². The van der Waals surface area contributed by atoms with Crippen molar-refractivity contribution in [2.75, 3.05) is 98.2 Å². The molecule has 3 unspecified atom stereocenters. The van der Waals surface area contributed by atoms with E-state index in [2.05, 4.69) is 106 Å². The quantitative estimate of drug-likeness (QED) is 0.0307. The number of aryl methyl sites for hydroxylation is 1. The zero-order chi connectivity index (χ0) is 71.3. The van der Waals surface area contributed by atoms with Crippen molar-refractivity contribution in [3.63, 3.8) is 0 Å². The highest BCUT2D eigenvalue weighted by atomic mass is 35.5. The predicted octanol–water partition coefficient (Wildman–Crippen LogP) is 12.3. The first kappa shape index (κ1) is 76.0. The van der Waals surface area contributed by atoms with Crippen LogP contribution < -0.4 is 55.9 Å². The number of nitrogens with one attached hydrogen (secondary N) is 6. The average molecular weight is 1450 g/mol. The fraction of sp³-hybridized carbons (Fsp3) is 0.551. The monoisotopic (exact) mass is 1450 g/mol. The number of hydrogen-bond donors (Lipinski definition) is 6. The van der Waals surface area contributed by atoms with Crippen LogP contribution in [0.3, 0.4) is 0 Å². The summed E-state index contributed by atoms with van der Waals surface area (Å²) in [6.45, 7) is 24.2. The third-order valence-electron chi connectivity index (χ3n) is 17.8. The van der Waals surface area contributed by atoms with Crippen LogP contribution in [-0.2, 0) is 29.5 Å². The lowest BCUT2D eigenvalue weighted by molar-refractivity contribution is -0.127. The second-order valence-corrected chi connectivity index (χ2v) is 27.2. The number of hydrogen-bond acceptors (Lipinski definition) is 20. The minimum Gasteiger partial charge on any atom is -0.476 e. The standard InChI is InChI=1S/C24H31ClFN5O3.C23H29ClFN5O3.C22H29ClFN7O2/c1-16(26)22(32)28-18-7-5-17(6-8-18)15-34-23-21(25)14-27-24(30-23)29-19-3-2-4-20(13-19)31-9-11-33-12-10-31;1-15(25)21(31)27-18-3-2-16(12-18)14-33-22-20(24)13-26-23(29-22)28-17-4-6-19(7-5-17)30-8-10-32-11-9-30;1-13(24)19(32)27-16-8-6-15(7-9-16)12-33-20-17(23)10-26-21(29-20)28-18-11-31(30-14(18)2)22(3,4)25-5/h2-4,13-14,16-18H,5-12,15H2,1H3,(H,28,32)(H,27,29,30);4-7,13,15-16,18H,2-3,8-12,14H2,1H3,(H,27,31)(H,26,28,29);10-11,13,15-16H,6-9,12H2,1-4H3,(H,27,32)(H,26,28,29)/t;15?,16-,18+;/m.1./s1. The third-order valence-corrected chi connectivity index (χ3v) is 18.6. The molecule has 100 heavy (non-hydrogen) atoms. The van der Waals surface area contributed by atoms with Gasteiger partial charge in [-0.15, -0.1) is 0 Å². The van der Waals surface area contributed by atoms with E-state index in [9.17, 15) is 27.6 Å². The van der Waals surface area contributed by atoms with Gasteiger partial charge < -0.3 is 65.4 Å². The smallest absolute Gasteiger partial charge is 0.319 e. The van der Waals surface area contributed by atoms with Crippen molar-refractivity contribution < 1.29 is 51.2 Å². The molecule has 3 amide bonds. The van der Waals surface area contributed by atoms with E-state index in [0.717, 1.165) is 146 Å². The van der Waals surface area contributed by atoms with Crippen molar-refractivity contribution in [1.29, 1.82) is 0 Å². The number of morpholine rings is 2. The van der Waals surface area contributed by atoms with Crippen LogP contribution in [0.1, 0.15) is 111 Å². The maximum Gasteiger partial charge on any atom is 0.319 e. The number of anilines is 8. The Morgan fingerprint density at radius 2 is 0.990 bits per heavy atom. The first-order valence-electron chi connectivity index (χ1n) is 34.0. The number of benzene rings is 2. The van der Waals surface area contributed by atoms with Crippen molar-refractivity contribution >= 4 is 98.8 Å². The van der Waals surface area contributed by atoms with Gasteiger partial charge in [-0.05, 0) is 159 Å². The van der Waals surface area contributed by atoms with E-state index in [-0.39, 0.29) is 29.9 Å². The van der Waals surface area contributed by atoms with E-state index >= 15 is 0 Å². The number of aromatic nitrogens is 8. The van der Waals surface area contributed by atoms with Gasteiger partial charge in [0, 0.05) is 80.9 Å². The van der Waals surface area contributed by atoms with Gasteiger partial charge in [-0.3, -0.25) is 19.2 Å². The molecule has 6 heterocycles. The van der Waals surface area contributed by atoms with Crippen LogP contribution in [0.2, 0.25) is 15.1 Å². The second-order valence-electron chi connectivity index (χ2n) is 26.0. The molecular weight excluding hydrogens is 1360 g/mol. The lowest BCUT2D eigenvalue weighted by Gasteiger charge is -2.29. The van der Waals surface area contributed by atoms with Crippen LogP contribution in [0.25, 0.3) is 4.85 Å². The SMILES string of the molecule is CC(F)C(=O)NC1CCC(COc2nc(Nc3cccc(N4CCOCC4)c3)ncc2Cl)CC1.CC(F)C(=O)N[C@H]1CC[C@@H](COc2nc(Nc3ccc(N4CCOCC4)cc3)ncc2Cl)C1.[C-]#[N+]C(C)(C)n1cc(Nc2ncc(Cl)c(OCC3CCC(NC(=O)C(C)F)CC3)n2)c(C)n1. The zero-order valence-corrected chi connectivity index (χ0v) is 59.4. The van der Waals surface area contributed by atoms with Crippen LogP contribution in [0.5, 0.6) is 17.6 Å². The Morgan fingerprint density at radius 3 is 1.45 bits per heavy atom. The summed E-state index contributed by atoms with van der Waals surface area (Å²) in [5.41, 5.74) is 4.59. The molecule has 31 heteroatoms. The average Bonchev–Trinajstić information content (AvgIpc) is 1.75. The molecule has 0 spiro atoms. The molecule has 6 N–H and O–H groups in total. The van der Waals surface area contributed by atoms with Crippen molar-refractivity contribution in [2.45, 2.75) is 154 Å². The summed E-state index contributed by atoms with van der Waals surface area (Å²) in [6, 6.07) is 16.2. The largest absolute Gasteiger partial charge is 0.476 e. The lowest BCUT2D eigenvalue weighted by Crippen LogP contribution is -2.41. The molecule has 5 fully saturated rings. The Kier molecular flexibility index (Phi) is 28.0. The maximum absolute atomic E-state index is 13.1. The molecule has 2 aliphatic heterocycles. The van der Waals surface area contributed by atoms with Gasteiger partial charge in [0.1, 0.15) is 15.1 Å². The molecule has 11 rings (SSSR count). The van der Waals surface area contributed by atoms with Crippen LogP contribution in [-0.4, -0.2) is 166 Å². The molecule has 4 aromatic heterocycles. The molecule has 0 radical (unpaired) electrons. The summed E-state index contributed by atoms with van der Waals surface area (Å²) in [7, 11) is 0. The van der Waals surface area contributed by atoms with E-state index in [0.29, 0.717) is 87.7 Å². The number of carbonyl (C=O) groups excluding carboxylic acids is 3. The van der Waals surface area contributed by atoms with E-state index in [1.165, 1.54) is 39.4 Å². The first-order chi connectivity index (χ1) is 48.0. The van der Waals surface area contributed by atoms with Gasteiger partial charge in [0.2, 0.25) is 35.5 Å². The van der Waals surface area contributed by atoms with Crippen molar-refractivity contribution in [1.82, 2.24) is 55.6 Å². The molecule has 25 nitrogen and oxygen atoms in total. The molecular formula is C69H89Cl3F3N17O8. The van der Waals surface area contributed by atoms with Gasteiger partial charge in [0.15, 0.2) is 18.5 Å². The van der Waals surface area contributed by atoms with Gasteiger partial charge in [-0.2, -0.15) is 24.7 Å². The number of carbonyl (C=O) groups is 3. The molecule has 5 atom stereocenters. The number of alkyl halides is 3. The second kappa shape index (κ2) is 36.9. The van der Waals surface area contributed by atoms with Gasteiger partial charge in [0.05, 0.1) is 82.4 Å². The Hall–Kier alpha value is -8.23. The topological polar surface area (TPSA) is 276 Å². The van der Waals surface area contributed by atoms with Gasteiger partial charge in [-0.25, -0.2) is 34.7 Å². The minimum atomic E-state index is -1.50. The molecule has 6 aromatic rings. The molecule has 2 saturated heterocycles. The maximum atomic E-state index is 13.1. The Morgan fingerprint density at radius 1 is 0.580 bits per heavy atom. The Bertz CT molecular complexity index is 3680. The molecule has 2 aromatic carbocycles. The summed E-state index contributed by atoms with van der Waals surface area (Å²) < 4.78 is 69.3. The summed E-state index contributed by atoms with van der Waals surface area (Å²) in [4.78, 5) is 68.8. The number of amides is 3. The zero-order valence-electron chi connectivity index (χ0n) is 57.1. The van der Waals surface area contributed by atoms with Crippen LogP contribution in [0, 0.1) is 31.2 Å². The Labute approximate surface area is 596 Å². The number of rotatable bonds is 24. The number of nitrogens with zero attached hydrogens (tertiary/aromatic N) is 11. The molecule has 3 saturated carbocycles. The minimum absolute atomic E-state index is 0.00220.